The molecule has 28 heavy (non-hydrogen) atoms. The number of carbonyl (C=O) groups is 2. The van der Waals surface area contributed by atoms with E-state index in [0.717, 1.165) is 22.9 Å². The molecule has 6 nitrogen and oxygen atoms in total. The van der Waals surface area contributed by atoms with Crippen LogP contribution in [-0.2, 0) is 4.79 Å². The number of hydrazine groups is 1. The van der Waals surface area contributed by atoms with Crippen LogP contribution in [0.2, 0.25) is 0 Å². The summed E-state index contributed by atoms with van der Waals surface area (Å²) >= 11 is 4.93. The Morgan fingerprint density at radius 2 is 1.64 bits per heavy atom. The molecule has 0 aromatic heterocycles. The van der Waals surface area contributed by atoms with E-state index in [1.165, 1.54) is 12.1 Å². The maximum Gasteiger partial charge on any atom is 0.276 e. The molecule has 3 rings (SSSR count). The molecule has 8 heteroatoms. The fourth-order valence-electron chi connectivity index (χ4n) is 2.38. The summed E-state index contributed by atoms with van der Waals surface area (Å²) in [4.78, 5) is 23.8. The van der Waals surface area contributed by atoms with Gasteiger partial charge in [-0.1, -0.05) is 30.3 Å². The molecule has 3 aromatic carbocycles. The van der Waals surface area contributed by atoms with Crippen LogP contribution in [0, 0.1) is 5.82 Å². The van der Waals surface area contributed by atoms with Crippen LogP contribution in [0.25, 0.3) is 10.8 Å². The summed E-state index contributed by atoms with van der Waals surface area (Å²) in [7, 11) is 0. The van der Waals surface area contributed by atoms with E-state index in [-0.39, 0.29) is 17.3 Å². The topological polar surface area (TPSA) is 79.5 Å². The second kappa shape index (κ2) is 8.92. The van der Waals surface area contributed by atoms with Gasteiger partial charge in [-0.25, -0.2) is 4.39 Å². The van der Waals surface area contributed by atoms with Crippen molar-refractivity contribution in [1.82, 2.24) is 16.2 Å². The van der Waals surface area contributed by atoms with Crippen molar-refractivity contribution in [2.24, 2.45) is 0 Å². The van der Waals surface area contributed by atoms with Gasteiger partial charge < -0.3 is 4.74 Å². The predicted octanol–water partition coefficient (Wildman–Crippen LogP) is 2.69. The van der Waals surface area contributed by atoms with E-state index in [1.54, 1.807) is 6.07 Å². The van der Waals surface area contributed by atoms with E-state index < -0.39 is 17.6 Å². The lowest BCUT2D eigenvalue weighted by Crippen LogP contribution is -2.49. The Labute approximate surface area is 165 Å². The molecule has 142 valence electrons. The predicted molar refractivity (Wildman–Crippen MR) is 107 cm³/mol. The zero-order chi connectivity index (χ0) is 19.9. The maximum atomic E-state index is 12.9. The van der Waals surface area contributed by atoms with Gasteiger partial charge in [0.05, 0.1) is 0 Å². The van der Waals surface area contributed by atoms with Gasteiger partial charge in [0.2, 0.25) is 0 Å². The molecular weight excluding hydrogens is 381 g/mol. The average Bonchev–Trinajstić information content (AvgIpc) is 2.71. The molecule has 0 heterocycles. The Bertz CT molecular complexity index is 1020. The Morgan fingerprint density at radius 1 is 0.929 bits per heavy atom. The summed E-state index contributed by atoms with van der Waals surface area (Å²) in [5.41, 5.74) is 4.97. The molecule has 0 atom stereocenters. The molecule has 3 aromatic rings. The van der Waals surface area contributed by atoms with Crippen LogP contribution in [0.3, 0.4) is 0 Å². The highest BCUT2D eigenvalue weighted by Gasteiger charge is 2.09. The smallest absolute Gasteiger partial charge is 0.276 e. The van der Waals surface area contributed by atoms with Crippen molar-refractivity contribution in [2.75, 3.05) is 6.61 Å². The zero-order valence-corrected chi connectivity index (χ0v) is 15.4. The van der Waals surface area contributed by atoms with Gasteiger partial charge in [0, 0.05) is 5.56 Å². The minimum absolute atomic E-state index is 0.103. The number of ether oxygens (including phenoxy) is 1. The van der Waals surface area contributed by atoms with Crippen LogP contribution in [0.15, 0.2) is 66.7 Å². The summed E-state index contributed by atoms with van der Waals surface area (Å²) in [6, 6.07) is 18.3. The van der Waals surface area contributed by atoms with E-state index in [4.69, 9.17) is 17.0 Å². The summed E-state index contributed by atoms with van der Waals surface area (Å²) < 4.78 is 18.3. The fraction of sp³-hybridized carbons (Fsp3) is 0.0500. The second-order valence-electron chi connectivity index (χ2n) is 5.76. The molecule has 0 bridgehead atoms. The quantitative estimate of drug-likeness (QED) is 0.466. The van der Waals surface area contributed by atoms with Gasteiger partial charge in [0.25, 0.3) is 11.8 Å². The highest BCUT2D eigenvalue weighted by Crippen LogP contribution is 2.20. The normalized spacial score (nSPS) is 10.2. The molecule has 0 aliphatic heterocycles. The van der Waals surface area contributed by atoms with Crippen molar-refractivity contribution in [3.05, 3.63) is 78.1 Å². The van der Waals surface area contributed by atoms with Gasteiger partial charge in [0.1, 0.15) is 11.6 Å². The highest BCUT2D eigenvalue weighted by molar-refractivity contribution is 7.80. The number of halogens is 1. The number of rotatable bonds is 4. The van der Waals surface area contributed by atoms with Gasteiger partial charge >= 0.3 is 0 Å². The number of fused-ring (bicyclic) bond motifs is 1. The van der Waals surface area contributed by atoms with E-state index in [2.05, 4.69) is 16.2 Å². The van der Waals surface area contributed by atoms with Crippen molar-refractivity contribution in [3.8, 4) is 5.75 Å². The SMILES string of the molecule is O=C(COc1ccc2ccccc2c1)NNC(=S)NC(=O)c1ccc(F)cc1. The minimum atomic E-state index is -0.529. The van der Waals surface area contributed by atoms with E-state index >= 15 is 0 Å². The Kier molecular flexibility index (Phi) is 6.13. The van der Waals surface area contributed by atoms with Crippen molar-refractivity contribution >= 4 is 39.9 Å². The lowest BCUT2D eigenvalue weighted by Gasteiger charge is -2.11. The standard InChI is InChI=1S/C20H16FN3O3S/c21-16-8-5-14(6-9-16)19(26)22-20(28)24-23-18(25)12-27-17-10-7-13-3-1-2-4-15(13)11-17/h1-11H,12H2,(H,23,25)(H2,22,24,26,28). The number of amides is 2. The molecule has 0 spiro atoms. The lowest BCUT2D eigenvalue weighted by atomic mass is 10.1. The Morgan fingerprint density at radius 3 is 2.39 bits per heavy atom. The molecule has 0 aliphatic carbocycles. The zero-order valence-electron chi connectivity index (χ0n) is 14.6. The first kappa shape index (κ1) is 19.2. The summed E-state index contributed by atoms with van der Waals surface area (Å²) in [5.74, 6) is -0.900. The fourth-order valence-corrected chi connectivity index (χ4v) is 2.52. The van der Waals surface area contributed by atoms with Gasteiger partial charge in [-0.3, -0.25) is 25.8 Å². The molecule has 0 saturated carbocycles. The third-order valence-electron chi connectivity index (χ3n) is 3.74. The number of nitrogens with one attached hydrogen (secondary N) is 3. The molecule has 2 amide bonds. The number of hydrogen-bond acceptors (Lipinski definition) is 4. The van der Waals surface area contributed by atoms with Crippen molar-refractivity contribution in [3.63, 3.8) is 0 Å². The van der Waals surface area contributed by atoms with Gasteiger partial charge in [-0.15, -0.1) is 0 Å². The summed E-state index contributed by atoms with van der Waals surface area (Å²) in [5, 5.41) is 4.34. The van der Waals surface area contributed by atoms with Crippen molar-refractivity contribution in [2.45, 2.75) is 0 Å². The highest BCUT2D eigenvalue weighted by atomic mass is 32.1. The lowest BCUT2D eigenvalue weighted by molar-refractivity contribution is -0.123. The summed E-state index contributed by atoms with van der Waals surface area (Å²) in [6.45, 7) is -0.236. The molecule has 0 fully saturated rings. The van der Waals surface area contributed by atoms with Crippen LogP contribution in [0.4, 0.5) is 4.39 Å². The molecule has 0 unspecified atom stereocenters. The monoisotopic (exact) mass is 397 g/mol. The molecular formula is C20H16FN3O3S. The second-order valence-corrected chi connectivity index (χ2v) is 6.17. The molecule has 3 N–H and O–H groups in total. The van der Waals surface area contributed by atoms with Crippen LogP contribution < -0.4 is 20.9 Å². The van der Waals surface area contributed by atoms with E-state index in [0.29, 0.717) is 5.75 Å². The third-order valence-corrected chi connectivity index (χ3v) is 3.94. The summed E-state index contributed by atoms with van der Waals surface area (Å²) in [6.07, 6.45) is 0. The van der Waals surface area contributed by atoms with Gasteiger partial charge in [-0.05, 0) is 59.4 Å². The minimum Gasteiger partial charge on any atom is -0.484 e. The Hall–Kier alpha value is -3.52. The molecule has 0 saturated heterocycles. The first-order valence-corrected chi connectivity index (χ1v) is 8.69. The van der Waals surface area contributed by atoms with Gasteiger partial charge in [0.15, 0.2) is 11.7 Å². The van der Waals surface area contributed by atoms with Crippen LogP contribution in [0.1, 0.15) is 10.4 Å². The molecule has 0 radical (unpaired) electrons. The number of benzene rings is 3. The van der Waals surface area contributed by atoms with Crippen molar-refractivity contribution in [1.29, 1.82) is 0 Å². The first-order chi connectivity index (χ1) is 13.5. The first-order valence-electron chi connectivity index (χ1n) is 8.28. The number of hydrogen-bond donors (Lipinski definition) is 3. The average molecular weight is 397 g/mol. The van der Waals surface area contributed by atoms with Gasteiger partial charge in [-0.2, -0.15) is 0 Å². The van der Waals surface area contributed by atoms with Crippen LogP contribution in [0.5, 0.6) is 5.75 Å². The number of thiocarbonyl (C=S) groups is 1. The number of carbonyl (C=O) groups excluding carboxylic acids is 2. The van der Waals surface area contributed by atoms with E-state index in [1.807, 2.05) is 36.4 Å². The Balaban J connectivity index is 1.43. The molecule has 0 aliphatic rings. The van der Waals surface area contributed by atoms with E-state index in [9.17, 15) is 14.0 Å². The van der Waals surface area contributed by atoms with Crippen LogP contribution >= 0.6 is 12.2 Å². The van der Waals surface area contributed by atoms with Crippen molar-refractivity contribution < 1.29 is 18.7 Å². The van der Waals surface area contributed by atoms with Crippen LogP contribution in [-0.4, -0.2) is 23.5 Å². The third kappa shape index (κ3) is 5.24. The maximum absolute atomic E-state index is 12.9. The largest absolute Gasteiger partial charge is 0.484 e.